The molecule has 0 aliphatic carbocycles. The second-order valence-electron chi connectivity index (χ2n) is 7.22. The molecule has 1 unspecified atom stereocenters. The second kappa shape index (κ2) is 8.44. The third kappa shape index (κ3) is 4.34. The van der Waals surface area contributed by atoms with Crippen LogP contribution >= 0.6 is 0 Å². The van der Waals surface area contributed by atoms with Crippen LogP contribution in [0, 0.1) is 13.8 Å². The van der Waals surface area contributed by atoms with Crippen LogP contribution in [0.5, 0.6) is 5.75 Å². The van der Waals surface area contributed by atoms with Crippen molar-refractivity contribution in [1.29, 1.82) is 0 Å². The van der Waals surface area contributed by atoms with Crippen LogP contribution in [0.1, 0.15) is 33.1 Å². The Kier molecular flexibility index (Phi) is 5.99. The Morgan fingerprint density at radius 1 is 1.00 bits per heavy atom. The van der Waals surface area contributed by atoms with Gasteiger partial charge >= 0.3 is 5.97 Å². The molecule has 0 aromatic heterocycles. The van der Waals surface area contributed by atoms with Crippen molar-refractivity contribution in [2.75, 3.05) is 33.3 Å². The Bertz CT molecular complexity index is 852. The quantitative estimate of drug-likeness (QED) is 0.861. The normalized spacial score (nSPS) is 15.9. The molecule has 6 heteroatoms. The molecule has 148 valence electrons. The van der Waals surface area contributed by atoms with E-state index in [0.717, 1.165) is 16.7 Å². The molecular weight excluding hydrogens is 356 g/mol. The minimum atomic E-state index is -0.863. The van der Waals surface area contributed by atoms with Crippen molar-refractivity contribution < 1.29 is 19.4 Å². The van der Waals surface area contributed by atoms with E-state index in [0.29, 0.717) is 37.5 Å². The fraction of sp³-hybridized carbons (Fsp3) is 0.364. The topological polar surface area (TPSA) is 70.1 Å². The van der Waals surface area contributed by atoms with Gasteiger partial charge in [-0.15, -0.1) is 0 Å². The van der Waals surface area contributed by atoms with Crippen LogP contribution in [0.15, 0.2) is 42.5 Å². The maximum absolute atomic E-state index is 12.8. The van der Waals surface area contributed by atoms with Crippen LogP contribution in [0.2, 0.25) is 0 Å². The number of hydrogen-bond donors (Lipinski definition) is 1. The van der Waals surface area contributed by atoms with Crippen LogP contribution in [-0.4, -0.2) is 60.1 Å². The largest absolute Gasteiger partial charge is 0.497 e. The molecular formula is C22H26N2O4. The zero-order valence-corrected chi connectivity index (χ0v) is 16.5. The number of methoxy groups -OCH3 is 1. The summed E-state index contributed by atoms with van der Waals surface area (Å²) in [7, 11) is 1.57. The van der Waals surface area contributed by atoms with Gasteiger partial charge in [0.2, 0.25) is 0 Å². The van der Waals surface area contributed by atoms with Gasteiger partial charge in [0.05, 0.1) is 7.11 Å². The van der Waals surface area contributed by atoms with Crippen LogP contribution < -0.4 is 4.74 Å². The average Bonchev–Trinajstić information content (AvgIpc) is 2.67. The molecule has 1 N–H and O–H groups in total. The van der Waals surface area contributed by atoms with Gasteiger partial charge in [0.15, 0.2) is 0 Å². The Morgan fingerprint density at radius 2 is 1.64 bits per heavy atom. The fourth-order valence-corrected chi connectivity index (χ4v) is 3.80. The molecule has 1 heterocycles. The lowest BCUT2D eigenvalue weighted by Crippen LogP contribution is -2.51. The number of carboxylic acid groups (broad SMARTS) is 1. The Morgan fingerprint density at radius 3 is 2.21 bits per heavy atom. The first kappa shape index (κ1) is 19.9. The zero-order chi connectivity index (χ0) is 20.3. The molecule has 1 fully saturated rings. The van der Waals surface area contributed by atoms with Crippen LogP contribution in [0.4, 0.5) is 0 Å². The summed E-state index contributed by atoms with van der Waals surface area (Å²) >= 11 is 0. The lowest BCUT2D eigenvalue weighted by atomic mass is 9.99. The summed E-state index contributed by atoms with van der Waals surface area (Å²) in [5.74, 6) is -0.278. The fourth-order valence-electron chi connectivity index (χ4n) is 3.80. The number of hydrogen-bond acceptors (Lipinski definition) is 4. The second-order valence-corrected chi connectivity index (χ2v) is 7.22. The van der Waals surface area contributed by atoms with Gasteiger partial charge in [-0.3, -0.25) is 14.5 Å². The number of nitrogens with zero attached hydrogens (tertiary/aromatic N) is 2. The Labute approximate surface area is 165 Å². The number of rotatable bonds is 5. The number of piperazine rings is 1. The molecule has 0 bridgehead atoms. The summed E-state index contributed by atoms with van der Waals surface area (Å²) < 4.78 is 5.19. The molecule has 3 rings (SSSR count). The lowest BCUT2D eigenvalue weighted by Gasteiger charge is -2.38. The first-order valence-corrected chi connectivity index (χ1v) is 9.37. The van der Waals surface area contributed by atoms with E-state index in [2.05, 4.69) is 0 Å². The predicted molar refractivity (Wildman–Crippen MR) is 107 cm³/mol. The number of benzene rings is 2. The molecule has 1 aliphatic rings. The number of amides is 1. The molecule has 1 saturated heterocycles. The van der Waals surface area contributed by atoms with Gasteiger partial charge in [-0.2, -0.15) is 0 Å². The van der Waals surface area contributed by atoms with E-state index in [-0.39, 0.29) is 5.91 Å². The van der Waals surface area contributed by atoms with Crippen molar-refractivity contribution in [1.82, 2.24) is 9.80 Å². The molecule has 2 aromatic carbocycles. The number of carboxylic acids is 1. The van der Waals surface area contributed by atoms with E-state index >= 15 is 0 Å². The molecule has 0 radical (unpaired) electrons. The highest BCUT2D eigenvalue weighted by Gasteiger charge is 2.32. The monoisotopic (exact) mass is 382 g/mol. The minimum absolute atomic E-state index is 0.0585. The van der Waals surface area contributed by atoms with E-state index in [9.17, 15) is 14.7 Å². The summed E-state index contributed by atoms with van der Waals surface area (Å²) in [5.41, 5.74) is 3.47. The molecule has 28 heavy (non-hydrogen) atoms. The van der Waals surface area contributed by atoms with Crippen molar-refractivity contribution >= 4 is 11.9 Å². The summed E-state index contributed by atoms with van der Waals surface area (Å²) in [4.78, 5) is 28.5. The lowest BCUT2D eigenvalue weighted by molar-refractivity contribution is -0.144. The highest BCUT2D eigenvalue weighted by Crippen LogP contribution is 2.25. The predicted octanol–water partition coefficient (Wildman–Crippen LogP) is 2.90. The Balaban J connectivity index is 1.72. The van der Waals surface area contributed by atoms with Crippen molar-refractivity contribution in [3.8, 4) is 5.75 Å². The van der Waals surface area contributed by atoms with Gasteiger partial charge in [0.1, 0.15) is 11.8 Å². The van der Waals surface area contributed by atoms with Gasteiger partial charge in [-0.05, 0) is 37.6 Å². The van der Waals surface area contributed by atoms with Crippen molar-refractivity contribution in [3.63, 3.8) is 0 Å². The SMILES string of the molecule is COc1cccc(C(=O)N2CCN(C(C(=O)O)c3cc(C)cc(C)c3)CC2)c1. The summed E-state index contributed by atoms with van der Waals surface area (Å²) in [6.45, 7) is 5.95. The number of ether oxygens (including phenoxy) is 1. The van der Waals surface area contributed by atoms with Gasteiger partial charge in [-0.25, -0.2) is 0 Å². The summed E-state index contributed by atoms with van der Waals surface area (Å²) in [6.07, 6.45) is 0. The van der Waals surface area contributed by atoms with E-state index in [4.69, 9.17) is 4.74 Å². The van der Waals surface area contributed by atoms with Gasteiger partial charge in [-0.1, -0.05) is 35.4 Å². The molecule has 2 aromatic rings. The van der Waals surface area contributed by atoms with Gasteiger partial charge < -0.3 is 14.7 Å². The molecule has 6 nitrogen and oxygen atoms in total. The minimum Gasteiger partial charge on any atom is -0.497 e. The number of aryl methyl sites for hydroxylation is 2. The van der Waals surface area contributed by atoms with E-state index in [1.54, 1.807) is 36.3 Å². The maximum atomic E-state index is 12.8. The van der Waals surface area contributed by atoms with Crippen LogP contribution in [0.25, 0.3) is 0 Å². The summed E-state index contributed by atoms with van der Waals surface area (Å²) in [6, 6.07) is 12.3. The van der Waals surface area contributed by atoms with Gasteiger partial charge in [0.25, 0.3) is 5.91 Å². The smallest absolute Gasteiger partial charge is 0.325 e. The highest BCUT2D eigenvalue weighted by atomic mass is 16.5. The highest BCUT2D eigenvalue weighted by molar-refractivity contribution is 5.94. The van der Waals surface area contributed by atoms with Crippen molar-refractivity contribution in [2.24, 2.45) is 0 Å². The third-order valence-corrected chi connectivity index (χ3v) is 5.08. The molecule has 1 atom stereocenters. The molecule has 0 spiro atoms. The zero-order valence-electron chi connectivity index (χ0n) is 16.5. The molecule has 0 saturated carbocycles. The number of carbonyl (C=O) groups is 2. The van der Waals surface area contributed by atoms with E-state index in [1.165, 1.54) is 0 Å². The van der Waals surface area contributed by atoms with Gasteiger partial charge in [0, 0.05) is 31.7 Å². The Hall–Kier alpha value is -2.86. The van der Waals surface area contributed by atoms with E-state index < -0.39 is 12.0 Å². The maximum Gasteiger partial charge on any atom is 0.325 e. The summed E-state index contributed by atoms with van der Waals surface area (Å²) in [5, 5.41) is 9.84. The third-order valence-electron chi connectivity index (χ3n) is 5.08. The van der Waals surface area contributed by atoms with Crippen LogP contribution in [0.3, 0.4) is 0 Å². The molecule has 1 aliphatic heterocycles. The van der Waals surface area contributed by atoms with Crippen molar-refractivity contribution in [2.45, 2.75) is 19.9 Å². The first-order chi connectivity index (χ1) is 13.4. The number of aliphatic carboxylic acids is 1. The molecule has 1 amide bonds. The first-order valence-electron chi connectivity index (χ1n) is 9.37. The standard InChI is InChI=1S/C22H26N2O4/c1-15-11-16(2)13-18(12-15)20(22(26)27)23-7-9-24(10-8-23)21(25)17-5-4-6-19(14-17)28-3/h4-6,11-14,20H,7-10H2,1-3H3,(H,26,27). The average molecular weight is 382 g/mol. The van der Waals surface area contributed by atoms with Crippen molar-refractivity contribution in [3.05, 3.63) is 64.7 Å². The van der Waals surface area contributed by atoms with E-state index in [1.807, 2.05) is 36.9 Å². The number of carbonyl (C=O) groups excluding carboxylic acids is 1. The van der Waals surface area contributed by atoms with Crippen LogP contribution in [-0.2, 0) is 4.79 Å².